The van der Waals surface area contributed by atoms with Crippen LogP contribution in [0.5, 0.6) is 0 Å². The van der Waals surface area contributed by atoms with Gasteiger partial charge in [0.1, 0.15) is 24.7 Å². The summed E-state index contributed by atoms with van der Waals surface area (Å²) in [6.07, 6.45) is 1.14. The topological polar surface area (TPSA) is 13.7 Å². The highest BCUT2D eigenvalue weighted by atomic mass is 35.5. The minimum atomic E-state index is 0.119. The number of nitrogens with one attached hydrogen (secondary N) is 1. The Hall–Kier alpha value is -1.78. The van der Waals surface area contributed by atoms with Crippen LogP contribution in [0.3, 0.4) is 0 Å². The summed E-state index contributed by atoms with van der Waals surface area (Å²) in [6.45, 7) is 4.12. The summed E-state index contributed by atoms with van der Waals surface area (Å²) in [5, 5.41) is 0.820. The van der Waals surface area contributed by atoms with Crippen LogP contribution in [0.15, 0.2) is 82.6 Å². The van der Waals surface area contributed by atoms with E-state index >= 15 is 0 Å². The lowest BCUT2D eigenvalue weighted by Crippen LogP contribution is -3.18. The van der Waals surface area contributed by atoms with Gasteiger partial charge in [0.15, 0.2) is 0 Å². The average Bonchev–Trinajstić information content (AvgIpc) is 2.91. The lowest BCUT2D eigenvalue weighted by Gasteiger charge is -2.41. The summed E-state index contributed by atoms with van der Waals surface area (Å²) < 4.78 is 6.26. The molecule has 2 heterocycles. The first-order chi connectivity index (χ1) is 14.2. The van der Waals surface area contributed by atoms with Crippen molar-refractivity contribution in [1.29, 1.82) is 0 Å². The maximum absolute atomic E-state index is 6.46. The Kier molecular flexibility index (Phi) is 5.40. The monoisotopic (exact) mass is 422 g/mol. The van der Waals surface area contributed by atoms with E-state index in [1.54, 1.807) is 4.90 Å². The van der Waals surface area contributed by atoms with Crippen LogP contribution >= 0.6 is 23.4 Å². The van der Waals surface area contributed by atoms with Crippen LogP contribution in [-0.2, 0) is 11.2 Å². The quantitative estimate of drug-likeness (QED) is 0.614. The van der Waals surface area contributed by atoms with E-state index in [2.05, 4.69) is 73.7 Å². The van der Waals surface area contributed by atoms with Gasteiger partial charge >= 0.3 is 0 Å². The van der Waals surface area contributed by atoms with E-state index in [1.165, 1.54) is 26.5 Å². The maximum atomic E-state index is 6.46. The number of rotatable bonds is 2. The summed E-state index contributed by atoms with van der Waals surface area (Å²) in [5.74, 6) is 0. The highest BCUT2D eigenvalue weighted by molar-refractivity contribution is 7.99. The van der Waals surface area contributed by atoms with Crippen LogP contribution in [0.25, 0.3) is 0 Å². The number of quaternary nitrogens is 1. The summed E-state index contributed by atoms with van der Waals surface area (Å²) in [7, 11) is 0. The summed E-state index contributed by atoms with van der Waals surface area (Å²) in [6, 6.07) is 26.6. The van der Waals surface area contributed by atoms with Crippen molar-refractivity contribution in [2.75, 3.05) is 13.2 Å². The van der Waals surface area contributed by atoms with Crippen LogP contribution in [0.4, 0.5) is 0 Å². The zero-order valence-corrected chi connectivity index (χ0v) is 18.0. The van der Waals surface area contributed by atoms with Gasteiger partial charge in [-0.05, 0) is 42.3 Å². The molecule has 1 unspecified atom stereocenters. The molecular weight excluding hydrogens is 398 g/mol. The van der Waals surface area contributed by atoms with Crippen LogP contribution in [0, 0.1) is 0 Å². The number of hydrogen-bond acceptors (Lipinski definition) is 2. The number of hydrogen-bond donors (Lipinski definition) is 1. The van der Waals surface area contributed by atoms with Crippen molar-refractivity contribution in [3.8, 4) is 0 Å². The molecule has 0 spiro atoms. The van der Waals surface area contributed by atoms with Crippen LogP contribution in [-0.4, -0.2) is 19.2 Å². The van der Waals surface area contributed by atoms with Gasteiger partial charge in [0.2, 0.25) is 0 Å². The Morgan fingerprint density at radius 3 is 2.62 bits per heavy atom. The second kappa shape index (κ2) is 8.16. The average molecular weight is 423 g/mol. The Balaban J connectivity index is 1.56. The fourth-order valence-electron chi connectivity index (χ4n) is 4.83. The third-order valence-electron chi connectivity index (χ3n) is 6.27. The molecule has 4 heteroatoms. The predicted octanol–water partition coefficient (Wildman–Crippen LogP) is 5.13. The Morgan fingerprint density at radius 1 is 0.966 bits per heavy atom. The first-order valence-electron chi connectivity index (χ1n) is 10.3. The normalized spacial score (nSPS) is 26.3. The molecule has 2 aliphatic heterocycles. The van der Waals surface area contributed by atoms with Crippen LogP contribution in [0.1, 0.15) is 35.8 Å². The van der Waals surface area contributed by atoms with Gasteiger partial charge in [-0.15, -0.1) is 0 Å². The van der Waals surface area contributed by atoms with E-state index in [-0.39, 0.29) is 6.10 Å². The molecule has 2 aliphatic rings. The molecule has 1 fully saturated rings. The molecular formula is C25H25ClNOS+. The molecule has 29 heavy (non-hydrogen) atoms. The van der Waals surface area contributed by atoms with E-state index in [9.17, 15) is 0 Å². The Bertz CT molecular complexity index is 1010. The van der Waals surface area contributed by atoms with E-state index < -0.39 is 0 Å². The molecule has 1 saturated heterocycles. The summed E-state index contributed by atoms with van der Waals surface area (Å²) >= 11 is 8.34. The molecule has 0 amide bonds. The van der Waals surface area contributed by atoms with Crippen molar-refractivity contribution in [3.63, 3.8) is 0 Å². The molecule has 5 rings (SSSR count). The van der Waals surface area contributed by atoms with Gasteiger partial charge in [-0.1, -0.05) is 71.9 Å². The second-order valence-electron chi connectivity index (χ2n) is 7.96. The van der Waals surface area contributed by atoms with Crippen molar-refractivity contribution in [1.82, 2.24) is 0 Å². The SMILES string of the molecule is C[C@H]1[C@H](c2ccccc2)OCC[NH+]1[C@@H]1Cc2ccccc2Sc2ccc(Cl)cc21. The molecule has 0 aliphatic carbocycles. The number of fused-ring (bicyclic) bond motifs is 2. The highest BCUT2D eigenvalue weighted by Gasteiger charge is 2.40. The Labute approximate surface area is 181 Å². The molecule has 0 aromatic heterocycles. The highest BCUT2D eigenvalue weighted by Crippen LogP contribution is 2.41. The first kappa shape index (κ1) is 19.2. The van der Waals surface area contributed by atoms with Crippen molar-refractivity contribution in [2.24, 2.45) is 0 Å². The minimum Gasteiger partial charge on any atom is -0.361 e. The van der Waals surface area contributed by atoms with Gasteiger partial charge in [-0.2, -0.15) is 0 Å². The number of benzene rings is 3. The number of halogens is 1. The zero-order valence-electron chi connectivity index (χ0n) is 16.5. The molecule has 0 radical (unpaired) electrons. The molecule has 4 atom stereocenters. The standard InChI is InChI=1S/C25H24ClNOS/c1-17-25(18-7-3-2-4-8-18)28-14-13-27(17)22-15-19-9-5-6-10-23(19)29-24-12-11-20(26)16-21(22)24/h2-12,16-17,22,25H,13-15H2,1H3/p+1/t17-,22+,25+/m0/s1. The van der Waals surface area contributed by atoms with Gasteiger partial charge in [0, 0.05) is 26.8 Å². The van der Waals surface area contributed by atoms with E-state index in [4.69, 9.17) is 16.3 Å². The molecule has 1 N–H and O–H groups in total. The third kappa shape index (κ3) is 3.73. The van der Waals surface area contributed by atoms with E-state index in [0.717, 1.165) is 24.6 Å². The molecule has 3 aromatic rings. The zero-order chi connectivity index (χ0) is 19.8. The van der Waals surface area contributed by atoms with Crippen molar-refractivity contribution < 1.29 is 9.64 Å². The van der Waals surface area contributed by atoms with Crippen molar-refractivity contribution in [2.45, 2.75) is 41.3 Å². The molecule has 0 saturated carbocycles. The van der Waals surface area contributed by atoms with Gasteiger partial charge in [0.25, 0.3) is 0 Å². The molecule has 148 valence electrons. The molecule has 3 aromatic carbocycles. The minimum absolute atomic E-state index is 0.119. The third-order valence-corrected chi connectivity index (χ3v) is 7.71. The largest absolute Gasteiger partial charge is 0.361 e. The predicted molar refractivity (Wildman–Crippen MR) is 119 cm³/mol. The summed E-state index contributed by atoms with van der Waals surface area (Å²) in [4.78, 5) is 4.27. The van der Waals surface area contributed by atoms with Gasteiger partial charge in [-0.3, -0.25) is 0 Å². The number of morpholine rings is 1. The van der Waals surface area contributed by atoms with Gasteiger partial charge in [-0.25, -0.2) is 0 Å². The van der Waals surface area contributed by atoms with E-state index in [0.29, 0.717) is 12.1 Å². The fraction of sp³-hybridized carbons (Fsp3) is 0.280. The summed E-state index contributed by atoms with van der Waals surface area (Å²) in [5.41, 5.74) is 4.07. The van der Waals surface area contributed by atoms with Crippen molar-refractivity contribution >= 4 is 23.4 Å². The maximum Gasteiger partial charge on any atom is 0.134 e. The lowest BCUT2D eigenvalue weighted by molar-refractivity contribution is -0.966. The van der Waals surface area contributed by atoms with Gasteiger partial charge < -0.3 is 9.64 Å². The fourth-order valence-corrected chi connectivity index (χ4v) is 6.13. The lowest BCUT2D eigenvalue weighted by atomic mass is 9.92. The molecule has 2 nitrogen and oxygen atoms in total. The first-order valence-corrected chi connectivity index (χ1v) is 11.5. The molecule has 0 bridgehead atoms. The second-order valence-corrected chi connectivity index (χ2v) is 9.48. The smallest absolute Gasteiger partial charge is 0.134 e. The van der Waals surface area contributed by atoms with Crippen LogP contribution in [0.2, 0.25) is 5.02 Å². The van der Waals surface area contributed by atoms with Crippen molar-refractivity contribution in [3.05, 3.63) is 94.5 Å². The van der Waals surface area contributed by atoms with Crippen LogP contribution < -0.4 is 4.90 Å². The van der Waals surface area contributed by atoms with E-state index in [1.807, 2.05) is 17.8 Å². The Morgan fingerprint density at radius 2 is 1.76 bits per heavy atom. The van der Waals surface area contributed by atoms with Gasteiger partial charge in [0.05, 0.1) is 6.61 Å². The number of ether oxygens (including phenoxy) is 1.